The summed E-state index contributed by atoms with van der Waals surface area (Å²) in [5.74, 6) is 0.981. The Hall–Kier alpha value is -0.0800. The first-order chi connectivity index (χ1) is 8.22. The highest BCUT2D eigenvalue weighted by molar-refractivity contribution is 4.98. The predicted octanol–water partition coefficient (Wildman–Crippen LogP) is 3.16. The van der Waals surface area contributed by atoms with Crippen molar-refractivity contribution in [3.05, 3.63) is 0 Å². The molecule has 0 bridgehead atoms. The summed E-state index contributed by atoms with van der Waals surface area (Å²) in [6.45, 7) is 3.17. The first-order valence-corrected chi connectivity index (χ1v) is 7.65. The maximum Gasteiger partial charge on any atom is 0.0331 e. The van der Waals surface area contributed by atoms with Crippen LogP contribution in [0.5, 0.6) is 0 Å². The molecule has 0 spiro atoms. The second kappa shape index (κ2) is 5.71. The van der Waals surface area contributed by atoms with E-state index in [-0.39, 0.29) is 0 Å². The number of rotatable bonds is 5. The highest BCUT2D eigenvalue weighted by Crippen LogP contribution is 2.40. The second-order valence-electron chi connectivity index (χ2n) is 6.36. The lowest BCUT2D eigenvalue weighted by Crippen LogP contribution is -2.59. The summed E-state index contributed by atoms with van der Waals surface area (Å²) in [5.41, 5.74) is 6.48. The fraction of sp³-hybridized carbons (Fsp3) is 1.00. The van der Waals surface area contributed by atoms with Crippen LogP contribution < -0.4 is 5.73 Å². The molecule has 0 aromatic rings. The zero-order valence-electron chi connectivity index (χ0n) is 11.8. The molecular weight excluding hydrogens is 208 g/mol. The maximum absolute atomic E-state index is 6.13. The molecule has 2 aliphatic rings. The van der Waals surface area contributed by atoms with Gasteiger partial charge in [-0.05, 0) is 51.5 Å². The van der Waals surface area contributed by atoms with Crippen LogP contribution in [0, 0.1) is 5.92 Å². The lowest BCUT2D eigenvalue weighted by atomic mass is 9.72. The van der Waals surface area contributed by atoms with Crippen molar-refractivity contribution >= 4 is 0 Å². The summed E-state index contributed by atoms with van der Waals surface area (Å²) < 4.78 is 0. The summed E-state index contributed by atoms with van der Waals surface area (Å²) in [4.78, 5) is 2.65. The summed E-state index contributed by atoms with van der Waals surface area (Å²) in [6, 6.07) is 0.835. The van der Waals surface area contributed by atoms with E-state index < -0.39 is 0 Å². The van der Waals surface area contributed by atoms with Gasteiger partial charge in [-0.3, -0.25) is 4.90 Å². The zero-order valence-corrected chi connectivity index (χ0v) is 11.8. The van der Waals surface area contributed by atoms with Crippen molar-refractivity contribution in [2.24, 2.45) is 11.7 Å². The van der Waals surface area contributed by atoms with Crippen molar-refractivity contribution in [2.75, 3.05) is 13.6 Å². The first kappa shape index (κ1) is 13.4. The molecule has 2 aliphatic carbocycles. The van der Waals surface area contributed by atoms with Crippen LogP contribution in [0.1, 0.15) is 64.7 Å². The van der Waals surface area contributed by atoms with Crippen molar-refractivity contribution in [3.8, 4) is 0 Å². The molecule has 2 saturated carbocycles. The van der Waals surface area contributed by atoms with Gasteiger partial charge in [0.15, 0.2) is 0 Å². The van der Waals surface area contributed by atoms with Crippen molar-refractivity contribution in [1.29, 1.82) is 0 Å². The molecule has 0 amide bonds. The molecule has 0 atom stereocenters. The Morgan fingerprint density at radius 2 is 1.82 bits per heavy atom. The van der Waals surface area contributed by atoms with Crippen LogP contribution in [-0.4, -0.2) is 30.1 Å². The third-order valence-electron chi connectivity index (χ3n) is 5.48. The van der Waals surface area contributed by atoms with Crippen molar-refractivity contribution in [3.63, 3.8) is 0 Å². The van der Waals surface area contributed by atoms with E-state index in [2.05, 4.69) is 18.9 Å². The minimum Gasteiger partial charge on any atom is -0.329 e. The average Bonchev–Trinajstić information content (AvgIpc) is 2.28. The molecule has 2 fully saturated rings. The van der Waals surface area contributed by atoms with Gasteiger partial charge in [0.2, 0.25) is 0 Å². The van der Waals surface area contributed by atoms with Crippen LogP contribution in [0.3, 0.4) is 0 Å². The van der Waals surface area contributed by atoms with Crippen LogP contribution in [0.4, 0.5) is 0 Å². The van der Waals surface area contributed by atoms with E-state index in [0.29, 0.717) is 5.54 Å². The van der Waals surface area contributed by atoms with E-state index in [9.17, 15) is 0 Å². The fourth-order valence-corrected chi connectivity index (χ4v) is 3.77. The van der Waals surface area contributed by atoms with Gasteiger partial charge in [-0.2, -0.15) is 0 Å². The number of nitrogens with zero attached hydrogens (tertiary/aromatic N) is 1. The molecular formula is C15H30N2. The van der Waals surface area contributed by atoms with Gasteiger partial charge >= 0.3 is 0 Å². The number of hydrogen-bond donors (Lipinski definition) is 1. The summed E-state index contributed by atoms with van der Waals surface area (Å²) in [7, 11) is 2.33. The van der Waals surface area contributed by atoms with Crippen molar-refractivity contribution in [1.82, 2.24) is 4.90 Å². The van der Waals surface area contributed by atoms with E-state index in [0.717, 1.165) is 18.5 Å². The Kier molecular flexibility index (Phi) is 4.48. The minimum atomic E-state index is 0.343. The van der Waals surface area contributed by atoms with Crippen LogP contribution in [0.25, 0.3) is 0 Å². The predicted molar refractivity (Wildman–Crippen MR) is 74.1 cm³/mol. The molecule has 2 heteroatoms. The molecule has 100 valence electrons. The Morgan fingerprint density at radius 1 is 1.18 bits per heavy atom. The number of likely N-dealkylation sites (N-methyl/N-ethyl adjacent to an activating group) is 1. The van der Waals surface area contributed by atoms with Gasteiger partial charge in [0, 0.05) is 18.1 Å². The third kappa shape index (κ3) is 2.68. The van der Waals surface area contributed by atoms with Crippen LogP contribution in [0.2, 0.25) is 0 Å². The Labute approximate surface area is 107 Å². The van der Waals surface area contributed by atoms with Gasteiger partial charge in [-0.25, -0.2) is 0 Å². The summed E-state index contributed by atoms with van der Waals surface area (Å²) in [6.07, 6.45) is 12.5. The second-order valence-corrected chi connectivity index (χ2v) is 6.36. The monoisotopic (exact) mass is 238 g/mol. The molecule has 0 saturated heterocycles. The van der Waals surface area contributed by atoms with Gasteiger partial charge in [-0.15, -0.1) is 0 Å². The third-order valence-corrected chi connectivity index (χ3v) is 5.48. The quantitative estimate of drug-likeness (QED) is 0.797. The molecule has 0 aliphatic heterocycles. The van der Waals surface area contributed by atoms with E-state index in [4.69, 9.17) is 5.73 Å². The fourth-order valence-electron chi connectivity index (χ4n) is 3.77. The highest BCUT2D eigenvalue weighted by Gasteiger charge is 2.41. The summed E-state index contributed by atoms with van der Waals surface area (Å²) in [5, 5.41) is 0. The SMILES string of the molecule is CCCC1CCC(CN)(N(C)C2CCC2)CC1. The standard InChI is InChI=1S/C15H30N2/c1-3-5-13-8-10-15(12-16,11-9-13)17(2)14-6-4-7-14/h13-14H,3-12,16H2,1-2H3. The lowest BCUT2D eigenvalue weighted by molar-refractivity contribution is 0.00181. The van der Waals surface area contributed by atoms with Gasteiger partial charge in [-0.1, -0.05) is 26.2 Å². The van der Waals surface area contributed by atoms with Gasteiger partial charge in [0.05, 0.1) is 0 Å². The molecule has 17 heavy (non-hydrogen) atoms. The van der Waals surface area contributed by atoms with Crippen LogP contribution >= 0.6 is 0 Å². The van der Waals surface area contributed by atoms with E-state index >= 15 is 0 Å². The van der Waals surface area contributed by atoms with Crippen molar-refractivity contribution in [2.45, 2.75) is 76.3 Å². The summed E-state index contributed by atoms with van der Waals surface area (Å²) >= 11 is 0. The van der Waals surface area contributed by atoms with E-state index in [1.54, 1.807) is 0 Å². The van der Waals surface area contributed by atoms with Gasteiger partial charge in [0.25, 0.3) is 0 Å². The number of nitrogens with two attached hydrogens (primary N) is 1. The largest absolute Gasteiger partial charge is 0.329 e. The Morgan fingerprint density at radius 3 is 2.24 bits per heavy atom. The molecule has 0 unspecified atom stereocenters. The highest BCUT2D eigenvalue weighted by atomic mass is 15.2. The molecule has 2 rings (SSSR count). The van der Waals surface area contributed by atoms with Gasteiger partial charge in [0.1, 0.15) is 0 Å². The Balaban J connectivity index is 1.92. The molecule has 0 aromatic heterocycles. The minimum absolute atomic E-state index is 0.343. The smallest absolute Gasteiger partial charge is 0.0331 e. The zero-order chi connectivity index (χ0) is 12.3. The molecule has 2 N–H and O–H groups in total. The molecule has 0 aromatic carbocycles. The topological polar surface area (TPSA) is 29.3 Å². The van der Waals surface area contributed by atoms with E-state index in [1.807, 2.05) is 0 Å². The first-order valence-electron chi connectivity index (χ1n) is 7.65. The lowest BCUT2D eigenvalue weighted by Gasteiger charge is -2.51. The normalized spacial score (nSPS) is 34.9. The number of hydrogen-bond acceptors (Lipinski definition) is 2. The maximum atomic E-state index is 6.13. The van der Waals surface area contributed by atoms with Crippen LogP contribution in [-0.2, 0) is 0 Å². The average molecular weight is 238 g/mol. The molecule has 0 radical (unpaired) electrons. The molecule has 2 nitrogen and oxygen atoms in total. The van der Waals surface area contributed by atoms with E-state index in [1.165, 1.54) is 57.8 Å². The van der Waals surface area contributed by atoms with Crippen molar-refractivity contribution < 1.29 is 0 Å². The molecule has 0 heterocycles. The van der Waals surface area contributed by atoms with Gasteiger partial charge < -0.3 is 5.73 Å². The Bertz CT molecular complexity index is 227. The van der Waals surface area contributed by atoms with Crippen LogP contribution in [0.15, 0.2) is 0 Å².